The molecule has 0 fully saturated rings. The molecule has 0 aliphatic carbocycles. The zero-order valence-electron chi connectivity index (χ0n) is 7.00. The lowest BCUT2D eigenvalue weighted by molar-refractivity contribution is 0.403. The Labute approximate surface area is 71.5 Å². The summed E-state index contributed by atoms with van der Waals surface area (Å²) >= 11 is 1.61. The van der Waals surface area contributed by atoms with E-state index in [4.69, 9.17) is 5.73 Å². The van der Waals surface area contributed by atoms with Gasteiger partial charge in [-0.2, -0.15) is 0 Å². The first-order valence-electron chi connectivity index (χ1n) is 3.90. The highest BCUT2D eigenvalue weighted by molar-refractivity contribution is 7.07. The molecular formula is C8H14N2S. The van der Waals surface area contributed by atoms with Gasteiger partial charge in [0.15, 0.2) is 0 Å². The first-order valence-corrected chi connectivity index (χ1v) is 4.84. The Morgan fingerprint density at radius 2 is 2.18 bits per heavy atom. The van der Waals surface area contributed by atoms with Crippen LogP contribution in [0.5, 0.6) is 0 Å². The molecule has 62 valence electrons. The van der Waals surface area contributed by atoms with E-state index in [9.17, 15) is 0 Å². The minimum atomic E-state index is -0.194. The number of rotatable bonds is 3. The maximum absolute atomic E-state index is 6.11. The van der Waals surface area contributed by atoms with Gasteiger partial charge in [-0.1, -0.05) is 13.8 Å². The third kappa shape index (κ3) is 1.60. The molecule has 0 saturated heterocycles. The van der Waals surface area contributed by atoms with E-state index in [2.05, 4.69) is 18.8 Å². The van der Waals surface area contributed by atoms with Crippen LogP contribution in [-0.2, 0) is 5.54 Å². The first kappa shape index (κ1) is 8.68. The summed E-state index contributed by atoms with van der Waals surface area (Å²) in [7, 11) is 0. The molecule has 0 saturated carbocycles. The van der Waals surface area contributed by atoms with Gasteiger partial charge in [0.05, 0.1) is 16.7 Å². The minimum absolute atomic E-state index is 0.194. The largest absolute Gasteiger partial charge is 0.320 e. The monoisotopic (exact) mass is 170 g/mol. The smallest absolute Gasteiger partial charge is 0.0795 e. The van der Waals surface area contributed by atoms with E-state index in [-0.39, 0.29) is 5.54 Å². The molecule has 0 aromatic carbocycles. The second-order valence-corrected chi connectivity index (χ2v) is 3.46. The van der Waals surface area contributed by atoms with Crippen molar-refractivity contribution in [2.45, 2.75) is 32.2 Å². The van der Waals surface area contributed by atoms with Crippen LogP contribution in [-0.4, -0.2) is 4.98 Å². The topological polar surface area (TPSA) is 38.9 Å². The van der Waals surface area contributed by atoms with Crippen LogP contribution in [0.4, 0.5) is 0 Å². The van der Waals surface area contributed by atoms with E-state index < -0.39 is 0 Å². The van der Waals surface area contributed by atoms with Gasteiger partial charge in [-0.25, -0.2) is 4.98 Å². The number of nitrogens with zero attached hydrogens (tertiary/aromatic N) is 1. The molecule has 0 bridgehead atoms. The molecule has 1 rings (SSSR count). The van der Waals surface area contributed by atoms with Gasteiger partial charge in [0, 0.05) is 5.38 Å². The summed E-state index contributed by atoms with van der Waals surface area (Å²) in [6.45, 7) is 4.20. The van der Waals surface area contributed by atoms with Crippen molar-refractivity contribution in [2.24, 2.45) is 5.73 Å². The van der Waals surface area contributed by atoms with Crippen molar-refractivity contribution in [3.8, 4) is 0 Å². The predicted octanol–water partition coefficient (Wildman–Crippen LogP) is 2.12. The molecule has 0 amide bonds. The Bertz CT molecular complexity index is 202. The maximum atomic E-state index is 6.11. The van der Waals surface area contributed by atoms with Gasteiger partial charge in [0.2, 0.25) is 0 Å². The Morgan fingerprint density at radius 1 is 1.55 bits per heavy atom. The van der Waals surface area contributed by atoms with Crippen LogP contribution in [0.15, 0.2) is 10.9 Å². The summed E-state index contributed by atoms with van der Waals surface area (Å²) in [5.41, 5.74) is 8.78. The maximum Gasteiger partial charge on any atom is 0.0795 e. The zero-order chi connectivity index (χ0) is 8.32. The minimum Gasteiger partial charge on any atom is -0.320 e. The van der Waals surface area contributed by atoms with Gasteiger partial charge in [0.25, 0.3) is 0 Å². The molecule has 0 atom stereocenters. The lowest BCUT2D eigenvalue weighted by Crippen LogP contribution is -2.35. The molecule has 1 aromatic rings. The van der Waals surface area contributed by atoms with E-state index in [1.165, 1.54) is 0 Å². The quantitative estimate of drug-likeness (QED) is 0.754. The SMILES string of the molecule is CCC(N)(CC)c1cscn1. The van der Waals surface area contributed by atoms with E-state index in [0.29, 0.717) is 0 Å². The summed E-state index contributed by atoms with van der Waals surface area (Å²) in [6, 6.07) is 0. The standard InChI is InChI=1S/C8H14N2S/c1-3-8(9,4-2)7-5-11-6-10-7/h5-6H,3-4,9H2,1-2H3. The van der Waals surface area contributed by atoms with Crippen LogP contribution in [0, 0.1) is 0 Å². The number of aromatic nitrogens is 1. The second kappa shape index (κ2) is 3.32. The summed E-state index contributed by atoms with van der Waals surface area (Å²) in [5, 5.41) is 2.03. The third-order valence-corrected chi connectivity index (χ3v) is 2.79. The number of hydrogen-bond acceptors (Lipinski definition) is 3. The number of thiazole rings is 1. The molecule has 2 nitrogen and oxygen atoms in total. The lowest BCUT2D eigenvalue weighted by Gasteiger charge is -2.23. The lowest BCUT2D eigenvalue weighted by atomic mass is 9.91. The van der Waals surface area contributed by atoms with Gasteiger partial charge in [-0.15, -0.1) is 11.3 Å². The van der Waals surface area contributed by atoms with Gasteiger partial charge < -0.3 is 5.73 Å². The summed E-state index contributed by atoms with van der Waals surface area (Å²) < 4.78 is 0. The van der Waals surface area contributed by atoms with Gasteiger partial charge in [0.1, 0.15) is 0 Å². The molecule has 0 aliphatic rings. The van der Waals surface area contributed by atoms with Crippen LogP contribution in [0.3, 0.4) is 0 Å². The van der Waals surface area contributed by atoms with Crippen LogP contribution in [0.2, 0.25) is 0 Å². The highest BCUT2D eigenvalue weighted by Gasteiger charge is 2.24. The fourth-order valence-corrected chi connectivity index (χ4v) is 1.73. The second-order valence-electron chi connectivity index (χ2n) is 2.74. The number of hydrogen-bond donors (Lipinski definition) is 1. The fraction of sp³-hybridized carbons (Fsp3) is 0.625. The van der Waals surface area contributed by atoms with Crippen molar-refractivity contribution >= 4 is 11.3 Å². The number of nitrogens with two attached hydrogens (primary N) is 1. The average Bonchev–Trinajstić information content (AvgIpc) is 2.55. The molecule has 3 heteroatoms. The Hall–Kier alpha value is -0.410. The summed E-state index contributed by atoms with van der Waals surface area (Å²) in [6.07, 6.45) is 1.90. The van der Waals surface area contributed by atoms with Gasteiger partial charge in [-0.3, -0.25) is 0 Å². The molecule has 0 unspecified atom stereocenters. The van der Waals surface area contributed by atoms with E-state index >= 15 is 0 Å². The van der Waals surface area contributed by atoms with Crippen molar-refractivity contribution in [2.75, 3.05) is 0 Å². The Morgan fingerprint density at radius 3 is 2.55 bits per heavy atom. The van der Waals surface area contributed by atoms with Crippen molar-refractivity contribution in [1.29, 1.82) is 0 Å². The predicted molar refractivity (Wildman–Crippen MR) is 48.6 cm³/mol. The third-order valence-electron chi connectivity index (χ3n) is 2.20. The van der Waals surface area contributed by atoms with Gasteiger partial charge in [-0.05, 0) is 12.8 Å². The van der Waals surface area contributed by atoms with Crippen molar-refractivity contribution in [1.82, 2.24) is 4.98 Å². The molecule has 11 heavy (non-hydrogen) atoms. The average molecular weight is 170 g/mol. The highest BCUT2D eigenvalue weighted by atomic mass is 32.1. The van der Waals surface area contributed by atoms with Crippen LogP contribution in [0.25, 0.3) is 0 Å². The van der Waals surface area contributed by atoms with Gasteiger partial charge >= 0.3 is 0 Å². The molecular weight excluding hydrogens is 156 g/mol. The van der Waals surface area contributed by atoms with Crippen molar-refractivity contribution < 1.29 is 0 Å². The molecule has 1 aromatic heterocycles. The van der Waals surface area contributed by atoms with Crippen molar-refractivity contribution in [3.63, 3.8) is 0 Å². The van der Waals surface area contributed by atoms with Crippen molar-refractivity contribution in [3.05, 3.63) is 16.6 Å². The van der Waals surface area contributed by atoms with Crippen LogP contribution >= 0.6 is 11.3 Å². The zero-order valence-corrected chi connectivity index (χ0v) is 7.82. The Balaban J connectivity index is 2.87. The van der Waals surface area contributed by atoms with Crippen LogP contribution < -0.4 is 5.73 Å². The normalized spacial score (nSPS) is 11.9. The molecule has 0 aliphatic heterocycles. The highest BCUT2D eigenvalue weighted by Crippen LogP contribution is 2.24. The summed E-state index contributed by atoms with van der Waals surface area (Å²) in [4.78, 5) is 4.22. The van der Waals surface area contributed by atoms with E-state index in [1.807, 2.05) is 10.9 Å². The Kier molecular flexibility index (Phi) is 2.62. The first-order chi connectivity index (χ1) is 5.23. The molecule has 1 heterocycles. The molecule has 0 radical (unpaired) electrons. The van der Waals surface area contributed by atoms with Crippen LogP contribution in [0.1, 0.15) is 32.4 Å². The van der Waals surface area contributed by atoms with E-state index in [1.54, 1.807) is 11.3 Å². The molecule has 0 spiro atoms. The molecule has 2 N–H and O–H groups in total. The summed E-state index contributed by atoms with van der Waals surface area (Å²) in [5.74, 6) is 0. The fourth-order valence-electron chi connectivity index (χ4n) is 1.07. The van der Waals surface area contributed by atoms with E-state index in [0.717, 1.165) is 18.5 Å².